The molecule has 0 saturated heterocycles. The smallest absolute Gasteiger partial charge is 0.346 e. The summed E-state index contributed by atoms with van der Waals surface area (Å²) in [6.45, 7) is 18.1. The van der Waals surface area contributed by atoms with Gasteiger partial charge in [-0.2, -0.15) is 0 Å². The van der Waals surface area contributed by atoms with Crippen molar-refractivity contribution >= 4 is 127 Å². The molecule has 136 heavy (non-hydrogen) atoms. The minimum absolute atomic E-state index is 0.0232. The van der Waals surface area contributed by atoms with Crippen molar-refractivity contribution in [2.24, 2.45) is 0 Å². The Hall–Kier alpha value is -14.0. The summed E-state index contributed by atoms with van der Waals surface area (Å²) in [4.78, 5) is 86.5. The molecule has 0 fully saturated rings. The first-order valence-electron chi connectivity index (χ1n) is 44.7. The zero-order valence-electron chi connectivity index (χ0n) is 75.7. The molecule has 0 bridgehead atoms. The minimum Gasteiger partial charge on any atom is -0.487 e. The van der Waals surface area contributed by atoms with E-state index in [1.165, 1.54) is 46.1 Å². The van der Waals surface area contributed by atoms with Gasteiger partial charge in [0.2, 0.25) is 5.75 Å². The van der Waals surface area contributed by atoms with Crippen LogP contribution in [0.1, 0.15) is 84.9 Å². The van der Waals surface area contributed by atoms with Gasteiger partial charge >= 0.3 is 22.8 Å². The minimum atomic E-state index is -1.07. The first-order valence-corrected chi connectivity index (χ1v) is 47.2. The van der Waals surface area contributed by atoms with Gasteiger partial charge in [-0.15, -0.1) is 49.3 Å². The Kier molecular flexibility index (Phi) is 30.6. The average Bonchev–Trinajstić information content (AvgIpc) is 1.61. The lowest BCUT2D eigenvalue weighted by Gasteiger charge is -2.28. The molecule has 0 saturated carbocycles. The van der Waals surface area contributed by atoms with Crippen molar-refractivity contribution in [3.63, 3.8) is 0 Å². The SMILES string of the molecule is CC(C)N(Cc1cn(CCOCCOCCOc2cc(C(=O)NCc3ccc(C(=O)O)cc3)cc(OCCOCCOCCn3cc(CN(c4ccc5cc(-c6nc7ccccc7s6)c(=O)oc5c4)C(C)C)nn3)c2OCCOCCOCCn2cc(CN(c3ccc4cc(-c5nc6ccccc6s5)c(=O)oc4c3)C(C)C)nn2)nn1)c1ccc2cc(-c3nc4ccccc4s3)c(=O)oc2c1. The zero-order valence-corrected chi connectivity index (χ0v) is 78.1. The van der Waals surface area contributed by atoms with E-state index in [4.69, 9.17) is 55.9 Å². The molecule has 0 radical (unpaired) electrons. The van der Waals surface area contributed by atoms with E-state index in [9.17, 15) is 29.1 Å². The van der Waals surface area contributed by atoms with Crippen LogP contribution < -0.4 is 51.1 Å². The summed E-state index contributed by atoms with van der Waals surface area (Å²) in [6.07, 6.45) is 5.64. The Morgan fingerprint density at radius 1 is 0.390 bits per heavy atom. The largest absolute Gasteiger partial charge is 0.487 e. The van der Waals surface area contributed by atoms with Gasteiger partial charge in [0, 0.05) is 81.7 Å². The lowest BCUT2D eigenvalue weighted by Crippen LogP contribution is -2.30. The van der Waals surface area contributed by atoms with Crippen molar-refractivity contribution in [1.82, 2.24) is 65.3 Å². The van der Waals surface area contributed by atoms with Crippen molar-refractivity contribution in [1.29, 1.82) is 0 Å². The Bertz CT molecular complexity index is 6840. The summed E-state index contributed by atoms with van der Waals surface area (Å²) in [6, 6.07) is 55.8. The Morgan fingerprint density at radius 2 is 0.721 bits per heavy atom. The maximum Gasteiger partial charge on any atom is 0.346 e. The van der Waals surface area contributed by atoms with Crippen molar-refractivity contribution < 1.29 is 70.6 Å². The van der Waals surface area contributed by atoms with Crippen molar-refractivity contribution in [2.75, 3.05) is 114 Å². The van der Waals surface area contributed by atoms with Crippen molar-refractivity contribution in [3.8, 4) is 49.0 Å². The number of nitrogens with one attached hydrogen (secondary N) is 1. The average molecular weight is 1900 g/mol. The van der Waals surface area contributed by atoms with Crippen LogP contribution in [0.3, 0.4) is 0 Å². The molecule has 0 aliphatic heterocycles. The number of rotatable bonds is 49. The number of aromatic carboxylic acids is 1. The Morgan fingerprint density at radius 3 is 1.06 bits per heavy atom. The van der Waals surface area contributed by atoms with Gasteiger partial charge in [0.25, 0.3) is 5.91 Å². The number of thiazole rings is 3. The van der Waals surface area contributed by atoms with E-state index in [2.05, 4.69) is 107 Å². The van der Waals surface area contributed by atoms with Crippen LogP contribution in [0.4, 0.5) is 17.1 Å². The van der Waals surface area contributed by atoms with Gasteiger partial charge in [0.1, 0.15) is 68.7 Å². The number of hydrogen-bond donors (Lipinski definition) is 2. The molecule has 0 spiro atoms. The molecule has 8 aromatic carbocycles. The van der Waals surface area contributed by atoms with E-state index in [1.54, 1.807) is 38.3 Å². The molecule has 0 aliphatic carbocycles. The number of ether oxygens (including phenoxy) is 9. The number of carbonyl (C=O) groups is 2. The van der Waals surface area contributed by atoms with Crippen molar-refractivity contribution in [3.05, 3.63) is 266 Å². The van der Waals surface area contributed by atoms with Crippen LogP contribution in [0.25, 0.3) is 95.3 Å². The molecule has 0 atom stereocenters. The molecule has 0 aliphatic rings. The standard InChI is InChI=1S/C99H100N16O18S3/c1-62(2)113(74-26-23-67-47-77(97(119)131-83(67)52-74)93-101-80-13-7-10-16-88(80)134-93)59-71-56-110(107-104-71)29-32-122-35-38-125-41-44-128-86-50-70(92(116)100-55-65-19-21-66(22-20-65)96(117)118)51-87(129-45-42-126-39-36-123-33-30-111-57-72(105-108-111)60-114(63(3)4)75-27-24-68-48-78(98(120)132-84(68)53-75)94-102-81-14-8-11-17-89(81)135-94)91(86)130-46-43-127-40-37-124-34-31-112-58-73(106-109-112)61-115(64(5)6)76-28-25-69-49-79(99(121)133-85(69)54-76)95-103-82-15-9-12-18-90(82)136-95/h7-28,47-54,56-58,62-64H,29-46,55,59-61H2,1-6H3,(H,100,116)(H,117,118). The quantitative estimate of drug-likeness (QED) is 0.0264. The third-order valence-electron chi connectivity index (χ3n) is 22.2. The van der Waals surface area contributed by atoms with Crippen LogP contribution in [0.5, 0.6) is 17.2 Å². The van der Waals surface area contributed by atoms with Gasteiger partial charge < -0.3 is 81.0 Å². The maximum atomic E-state index is 14.2. The number of para-hydroxylation sites is 3. The fourth-order valence-electron chi connectivity index (χ4n) is 15.2. The number of hydrogen-bond acceptors (Lipinski definition) is 32. The second-order valence-electron chi connectivity index (χ2n) is 32.8. The van der Waals surface area contributed by atoms with Gasteiger partial charge in [-0.3, -0.25) is 4.79 Å². The number of carbonyl (C=O) groups excluding carboxylic acids is 1. The predicted molar refractivity (Wildman–Crippen MR) is 520 cm³/mol. The summed E-state index contributed by atoms with van der Waals surface area (Å²) < 4.78 is 81.2. The molecule has 9 aromatic heterocycles. The summed E-state index contributed by atoms with van der Waals surface area (Å²) in [5.74, 6) is -1.00. The number of anilines is 3. The topological polar surface area (TPSA) is 381 Å². The fourth-order valence-corrected chi connectivity index (χ4v) is 18.1. The summed E-state index contributed by atoms with van der Waals surface area (Å²) in [5, 5.41) is 43.2. The molecule has 702 valence electrons. The fraction of sp³-hybridized carbons (Fsp3) is 0.313. The molecule has 37 heteroatoms. The van der Waals surface area contributed by atoms with E-state index in [-0.39, 0.29) is 132 Å². The van der Waals surface area contributed by atoms with E-state index in [1.807, 2.05) is 164 Å². The number of carboxylic acid groups (broad SMARTS) is 1. The highest BCUT2D eigenvalue weighted by molar-refractivity contribution is 7.22. The second-order valence-corrected chi connectivity index (χ2v) is 35.9. The van der Waals surface area contributed by atoms with Crippen LogP contribution in [0, 0.1) is 0 Å². The predicted octanol–water partition coefficient (Wildman–Crippen LogP) is 15.8. The number of benzene rings is 8. The summed E-state index contributed by atoms with van der Waals surface area (Å²) in [7, 11) is 0. The molecule has 17 rings (SSSR count). The third-order valence-corrected chi connectivity index (χ3v) is 25.5. The molecular formula is C99H100N16O18S3. The maximum absolute atomic E-state index is 14.2. The zero-order chi connectivity index (χ0) is 94.0. The molecule has 0 unspecified atom stereocenters. The van der Waals surface area contributed by atoms with Gasteiger partial charge in [0.05, 0.1) is 190 Å². The molecule has 34 nitrogen and oxygen atoms in total. The molecule has 1 amide bonds. The first kappa shape index (κ1) is 93.8. The molecule has 9 heterocycles. The second kappa shape index (κ2) is 44.4. The van der Waals surface area contributed by atoms with E-state index in [0.29, 0.717) is 113 Å². The monoisotopic (exact) mass is 1900 g/mol. The van der Waals surface area contributed by atoms with E-state index >= 15 is 0 Å². The van der Waals surface area contributed by atoms with Gasteiger partial charge in [-0.25, -0.2) is 48.2 Å². The van der Waals surface area contributed by atoms with Crippen LogP contribution in [-0.2, 0) is 74.2 Å². The highest BCUT2D eigenvalue weighted by Gasteiger charge is 2.26. The first-order chi connectivity index (χ1) is 66.3. The highest BCUT2D eigenvalue weighted by atomic mass is 32.1. The Labute approximate surface area is 791 Å². The lowest BCUT2D eigenvalue weighted by atomic mass is 10.1. The third kappa shape index (κ3) is 23.7. The van der Waals surface area contributed by atoms with Gasteiger partial charge in [-0.05, 0) is 162 Å². The summed E-state index contributed by atoms with van der Waals surface area (Å²) >= 11 is 4.36. The van der Waals surface area contributed by atoms with Crippen LogP contribution in [-0.4, -0.2) is 194 Å². The van der Waals surface area contributed by atoms with Crippen molar-refractivity contribution in [2.45, 2.75) is 105 Å². The number of carboxylic acids is 1. The molecular weight excluding hydrogens is 1800 g/mol. The van der Waals surface area contributed by atoms with Crippen LogP contribution in [0.2, 0.25) is 0 Å². The molecule has 2 N–H and O–H groups in total. The number of fused-ring (bicyclic) bond motifs is 6. The van der Waals surface area contributed by atoms with E-state index < -0.39 is 28.8 Å². The summed E-state index contributed by atoms with van der Waals surface area (Å²) in [5.41, 5.74) is 9.52. The van der Waals surface area contributed by atoms with Gasteiger partial charge in [-0.1, -0.05) is 64.2 Å². The number of aromatic nitrogens is 12. The Balaban J connectivity index is 0.494. The normalized spacial score (nSPS) is 11.8. The van der Waals surface area contributed by atoms with Gasteiger partial charge in [0.15, 0.2) is 11.5 Å². The van der Waals surface area contributed by atoms with Crippen LogP contribution in [0.15, 0.2) is 228 Å². The molecule has 17 aromatic rings. The lowest BCUT2D eigenvalue weighted by molar-refractivity contribution is 0.0282. The number of amides is 1. The van der Waals surface area contributed by atoms with Crippen LogP contribution >= 0.6 is 34.0 Å². The highest BCUT2D eigenvalue weighted by Crippen LogP contribution is 2.41. The van der Waals surface area contributed by atoms with E-state index in [0.717, 1.165) is 81.0 Å². The number of nitrogens with zero attached hydrogens (tertiary/aromatic N) is 15.